The summed E-state index contributed by atoms with van der Waals surface area (Å²) in [6.07, 6.45) is 2.62. The Hall–Kier alpha value is -2.47. The van der Waals surface area contributed by atoms with E-state index in [-0.39, 0.29) is 6.03 Å². The number of furan rings is 1. The minimum Gasteiger partial charge on any atom is -0.497 e. The minimum atomic E-state index is -0.0220. The van der Waals surface area contributed by atoms with Gasteiger partial charge in [-0.1, -0.05) is 12.1 Å². The molecule has 1 aliphatic rings. The van der Waals surface area contributed by atoms with E-state index in [1.165, 1.54) is 5.56 Å². The standard InChI is InChI=1S/C19H25N3O3/c1-24-17-6-4-16(5-7-17)8-9-21-10-12-22(13-11-21)19(23)20-15-18-3-2-14-25-18/h2-7,14H,8-13,15H2,1H3,(H,20,23). The number of urea groups is 1. The smallest absolute Gasteiger partial charge is 0.317 e. The number of hydrogen-bond donors (Lipinski definition) is 1. The van der Waals surface area contributed by atoms with Gasteiger partial charge in [0.1, 0.15) is 11.5 Å². The molecule has 1 fully saturated rings. The quantitative estimate of drug-likeness (QED) is 0.875. The first kappa shape index (κ1) is 17.4. The fourth-order valence-corrected chi connectivity index (χ4v) is 2.94. The highest BCUT2D eigenvalue weighted by Crippen LogP contribution is 2.12. The van der Waals surface area contributed by atoms with Gasteiger partial charge in [0.05, 0.1) is 19.9 Å². The van der Waals surface area contributed by atoms with Crippen molar-refractivity contribution in [2.24, 2.45) is 0 Å². The second-order valence-corrected chi connectivity index (χ2v) is 6.16. The second-order valence-electron chi connectivity index (χ2n) is 6.16. The molecule has 1 aliphatic heterocycles. The van der Waals surface area contributed by atoms with E-state index in [0.717, 1.165) is 50.7 Å². The van der Waals surface area contributed by atoms with Gasteiger partial charge in [-0.05, 0) is 36.2 Å². The molecule has 2 amide bonds. The molecule has 0 bridgehead atoms. The van der Waals surface area contributed by atoms with E-state index in [9.17, 15) is 4.79 Å². The summed E-state index contributed by atoms with van der Waals surface area (Å²) >= 11 is 0. The lowest BCUT2D eigenvalue weighted by molar-refractivity contribution is 0.139. The van der Waals surface area contributed by atoms with Crippen LogP contribution in [0.5, 0.6) is 5.75 Å². The zero-order valence-electron chi connectivity index (χ0n) is 14.6. The highest BCUT2D eigenvalue weighted by molar-refractivity contribution is 5.74. The normalized spacial score (nSPS) is 15.2. The number of carbonyl (C=O) groups is 1. The lowest BCUT2D eigenvalue weighted by Crippen LogP contribution is -2.51. The van der Waals surface area contributed by atoms with Gasteiger partial charge < -0.3 is 19.4 Å². The number of nitrogens with one attached hydrogen (secondary N) is 1. The van der Waals surface area contributed by atoms with E-state index < -0.39 is 0 Å². The maximum absolute atomic E-state index is 12.2. The van der Waals surface area contributed by atoms with Gasteiger partial charge in [-0.2, -0.15) is 0 Å². The largest absolute Gasteiger partial charge is 0.497 e. The van der Waals surface area contributed by atoms with Gasteiger partial charge in [-0.3, -0.25) is 4.90 Å². The Labute approximate surface area is 148 Å². The molecule has 6 heteroatoms. The topological polar surface area (TPSA) is 58.0 Å². The lowest BCUT2D eigenvalue weighted by Gasteiger charge is -2.34. The number of hydrogen-bond acceptors (Lipinski definition) is 4. The Morgan fingerprint density at radius 2 is 1.92 bits per heavy atom. The summed E-state index contributed by atoms with van der Waals surface area (Å²) in [6, 6.07) is 11.9. The van der Waals surface area contributed by atoms with E-state index in [1.807, 2.05) is 29.2 Å². The third-order valence-electron chi connectivity index (χ3n) is 4.53. The zero-order chi connectivity index (χ0) is 17.5. The average molecular weight is 343 g/mol. The van der Waals surface area contributed by atoms with E-state index in [2.05, 4.69) is 22.3 Å². The monoisotopic (exact) mass is 343 g/mol. The third kappa shape index (κ3) is 5.00. The number of methoxy groups -OCH3 is 1. The van der Waals surface area contributed by atoms with Crippen molar-refractivity contribution in [3.8, 4) is 5.75 Å². The molecule has 0 spiro atoms. The molecule has 0 atom stereocenters. The number of nitrogens with zero attached hydrogens (tertiary/aromatic N) is 2. The molecular formula is C19H25N3O3. The molecule has 0 unspecified atom stereocenters. The Bertz CT molecular complexity index is 647. The van der Waals surface area contributed by atoms with Crippen molar-refractivity contribution >= 4 is 6.03 Å². The molecule has 1 saturated heterocycles. The van der Waals surface area contributed by atoms with Crippen molar-refractivity contribution in [1.82, 2.24) is 15.1 Å². The van der Waals surface area contributed by atoms with Crippen molar-refractivity contribution < 1.29 is 13.9 Å². The van der Waals surface area contributed by atoms with Gasteiger partial charge in [0, 0.05) is 32.7 Å². The summed E-state index contributed by atoms with van der Waals surface area (Å²) in [7, 11) is 1.68. The number of benzene rings is 1. The van der Waals surface area contributed by atoms with Crippen LogP contribution in [0.25, 0.3) is 0 Å². The highest BCUT2D eigenvalue weighted by atomic mass is 16.5. The number of amides is 2. The second kappa shape index (κ2) is 8.58. The minimum absolute atomic E-state index is 0.0220. The first-order valence-corrected chi connectivity index (χ1v) is 8.65. The number of ether oxygens (including phenoxy) is 1. The van der Waals surface area contributed by atoms with Crippen molar-refractivity contribution in [3.63, 3.8) is 0 Å². The zero-order valence-corrected chi connectivity index (χ0v) is 14.6. The van der Waals surface area contributed by atoms with Crippen LogP contribution in [0.1, 0.15) is 11.3 Å². The summed E-state index contributed by atoms with van der Waals surface area (Å²) in [6.45, 7) is 4.77. The Morgan fingerprint density at radius 1 is 1.16 bits per heavy atom. The Balaban J connectivity index is 1.37. The van der Waals surface area contributed by atoms with E-state index >= 15 is 0 Å². The molecule has 2 heterocycles. The fourth-order valence-electron chi connectivity index (χ4n) is 2.94. The molecule has 134 valence electrons. The highest BCUT2D eigenvalue weighted by Gasteiger charge is 2.20. The maximum atomic E-state index is 12.2. The fraction of sp³-hybridized carbons (Fsp3) is 0.421. The van der Waals surface area contributed by atoms with Crippen LogP contribution in [-0.2, 0) is 13.0 Å². The Kier molecular flexibility index (Phi) is 5.95. The van der Waals surface area contributed by atoms with Crippen LogP contribution in [0.15, 0.2) is 47.1 Å². The van der Waals surface area contributed by atoms with Gasteiger partial charge in [-0.15, -0.1) is 0 Å². The number of rotatable bonds is 6. The van der Waals surface area contributed by atoms with E-state index in [0.29, 0.717) is 6.54 Å². The van der Waals surface area contributed by atoms with Crippen LogP contribution in [0, 0.1) is 0 Å². The molecule has 1 aromatic heterocycles. The predicted octanol–water partition coefficient (Wildman–Crippen LogP) is 2.36. The molecule has 0 aliphatic carbocycles. The molecule has 3 rings (SSSR count). The molecule has 0 saturated carbocycles. The molecular weight excluding hydrogens is 318 g/mol. The van der Waals surface area contributed by atoms with Crippen molar-refractivity contribution in [1.29, 1.82) is 0 Å². The SMILES string of the molecule is COc1ccc(CCN2CCN(C(=O)NCc3ccco3)CC2)cc1. The number of piperazine rings is 1. The molecule has 6 nitrogen and oxygen atoms in total. The Morgan fingerprint density at radius 3 is 2.56 bits per heavy atom. The van der Waals surface area contributed by atoms with Crippen molar-refractivity contribution in [2.75, 3.05) is 39.8 Å². The maximum Gasteiger partial charge on any atom is 0.317 e. The van der Waals surface area contributed by atoms with Crippen LogP contribution in [-0.4, -0.2) is 55.7 Å². The molecule has 25 heavy (non-hydrogen) atoms. The van der Waals surface area contributed by atoms with Gasteiger partial charge >= 0.3 is 6.03 Å². The average Bonchev–Trinajstić information content (AvgIpc) is 3.19. The van der Waals surface area contributed by atoms with E-state index in [4.69, 9.17) is 9.15 Å². The van der Waals surface area contributed by atoms with Crippen LogP contribution >= 0.6 is 0 Å². The van der Waals surface area contributed by atoms with E-state index in [1.54, 1.807) is 13.4 Å². The number of carbonyl (C=O) groups excluding carboxylic acids is 1. The molecule has 1 aromatic carbocycles. The third-order valence-corrected chi connectivity index (χ3v) is 4.53. The molecule has 0 radical (unpaired) electrons. The first-order valence-electron chi connectivity index (χ1n) is 8.65. The van der Waals surface area contributed by atoms with Gasteiger partial charge in [0.15, 0.2) is 0 Å². The van der Waals surface area contributed by atoms with Crippen molar-refractivity contribution in [2.45, 2.75) is 13.0 Å². The van der Waals surface area contributed by atoms with Crippen LogP contribution in [0.3, 0.4) is 0 Å². The summed E-state index contributed by atoms with van der Waals surface area (Å²) in [5.74, 6) is 1.66. The van der Waals surface area contributed by atoms with Gasteiger partial charge in [0.25, 0.3) is 0 Å². The van der Waals surface area contributed by atoms with Gasteiger partial charge in [0.2, 0.25) is 0 Å². The van der Waals surface area contributed by atoms with Crippen LogP contribution in [0.2, 0.25) is 0 Å². The summed E-state index contributed by atoms with van der Waals surface area (Å²) in [4.78, 5) is 16.5. The van der Waals surface area contributed by atoms with Crippen molar-refractivity contribution in [3.05, 3.63) is 54.0 Å². The summed E-state index contributed by atoms with van der Waals surface area (Å²) < 4.78 is 10.4. The van der Waals surface area contributed by atoms with Crippen LogP contribution in [0.4, 0.5) is 4.79 Å². The predicted molar refractivity (Wildman–Crippen MR) is 95.7 cm³/mol. The lowest BCUT2D eigenvalue weighted by atomic mass is 10.1. The van der Waals surface area contributed by atoms with Gasteiger partial charge in [-0.25, -0.2) is 4.79 Å². The summed E-state index contributed by atoms with van der Waals surface area (Å²) in [5.41, 5.74) is 1.31. The first-order chi connectivity index (χ1) is 12.2. The van der Waals surface area contributed by atoms with Crippen LogP contribution < -0.4 is 10.1 Å². The molecule has 1 N–H and O–H groups in total. The molecule has 2 aromatic rings. The summed E-state index contributed by atoms with van der Waals surface area (Å²) in [5, 5.41) is 2.90.